The van der Waals surface area contributed by atoms with Crippen LogP contribution in [0.25, 0.3) is 0 Å². The first kappa shape index (κ1) is 35.5. The van der Waals surface area contributed by atoms with E-state index < -0.39 is 14.5 Å². The van der Waals surface area contributed by atoms with E-state index in [1.165, 1.54) is 55.7 Å². The first-order valence-electron chi connectivity index (χ1n) is 16.1. The van der Waals surface area contributed by atoms with Gasteiger partial charge in [-0.15, -0.1) is 0 Å². The van der Waals surface area contributed by atoms with Crippen LogP contribution in [0.3, 0.4) is 0 Å². The SMILES string of the molecule is [Cl-].c1ccc([P+](CCSCCSCC[P+](c2ccccc2)(c2ccccc2)c2ccccc2)(c2ccccc2)c2ccccc2)cc1. The largest absolute Gasteiger partial charge is 1.00 e. The van der Waals surface area contributed by atoms with Crippen molar-refractivity contribution in [1.29, 1.82) is 0 Å². The van der Waals surface area contributed by atoms with Crippen molar-refractivity contribution in [2.24, 2.45) is 0 Å². The van der Waals surface area contributed by atoms with Crippen LogP contribution in [0.2, 0.25) is 0 Å². The van der Waals surface area contributed by atoms with Crippen molar-refractivity contribution in [3.63, 3.8) is 0 Å². The van der Waals surface area contributed by atoms with Crippen LogP contribution in [0.4, 0.5) is 0 Å². The average Bonchev–Trinajstić information content (AvgIpc) is 3.15. The van der Waals surface area contributed by atoms with Crippen molar-refractivity contribution in [3.8, 4) is 0 Å². The maximum atomic E-state index is 2.36. The molecule has 0 saturated carbocycles. The number of thioether (sulfide) groups is 2. The van der Waals surface area contributed by atoms with Gasteiger partial charge < -0.3 is 12.4 Å². The van der Waals surface area contributed by atoms with Gasteiger partial charge in [-0.2, -0.15) is 23.5 Å². The summed E-state index contributed by atoms with van der Waals surface area (Å²) >= 11 is 4.25. The summed E-state index contributed by atoms with van der Waals surface area (Å²) in [6, 6.07) is 67.7. The van der Waals surface area contributed by atoms with Crippen LogP contribution in [0, 0.1) is 0 Å². The average molecular weight is 708 g/mol. The second-order valence-corrected chi connectivity index (χ2v) is 21.0. The summed E-state index contributed by atoms with van der Waals surface area (Å²) in [5.74, 6) is 4.66. The molecule has 0 aliphatic carbocycles. The van der Waals surface area contributed by atoms with E-state index in [0.717, 1.165) is 11.5 Å². The normalized spacial score (nSPS) is 11.5. The summed E-state index contributed by atoms with van der Waals surface area (Å²) < 4.78 is 0. The molecule has 0 heterocycles. The van der Waals surface area contributed by atoms with Crippen molar-refractivity contribution < 1.29 is 12.4 Å². The molecule has 0 nitrogen and oxygen atoms in total. The molecular formula is C42H42ClP2S2+. The van der Waals surface area contributed by atoms with Gasteiger partial charge in [0.2, 0.25) is 0 Å². The van der Waals surface area contributed by atoms with Crippen LogP contribution in [-0.4, -0.2) is 35.3 Å². The minimum absolute atomic E-state index is 0. The molecule has 0 amide bonds. The number of hydrogen-bond acceptors (Lipinski definition) is 2. The fourth-order valence-corrected chi connectivity index (χ4v) is 18.5. The Morgan fingerprint density at radius 1 is 0.277 bits per heavy atom. The van der Waals surface area contributed by atoms with Crippen molar-refractivity contribution >= 4 is 69.9 Å². The first-order chi connectivity index (χ1) is 22.8. The Hall–Kier alpha value is -2.83. The van der Waals surface area contributed by atoms with E-state index in [1.54, 1.807) is 0 Å². The summed E-state index contributed by atoms with van der Waals surface area (Å²) in [5.41, 5.74) is 0. The fourth-order valence-electron chi connectivity index (χ4n) is 6.49. The molecule has 0 saturated heterocycles. The lowest BCUT2D eigenvalue weighted by atomic mass is 10.4. The van der Waals surface area contributed by atoms with Gasteiger partial charge in [0.25, 0.3) is 0 Å². The van der Waals surface area contributed by atoms with Crippen molar-refractivity contribution in [1.82, 2.24) is 0 Å². The quantitative estimate of drug-likeness (QED) is 0.103. The summed E-state index contributed by atoms with van der Waals surface area (Å²) in [7, 11) is -3.52. The molecule has 0 aliphatic heterocycles. The van der Waals surface area contributed by atoms with Crippen molar-refractivity contribution in [2.75, 3.05) is 35.3 Å². The van der Waals surface area contributed by atoms with E-state index in [9.17, 15) is 0 Å². The van der Waals surface area contributed by atoms with Crippen LogP contribution in [0.15, 0.2) is 182 Å². The molecule has 5 heteroatoms. The molecule has 6 aromatic carbocycles. The van der Waals surface area contributed by atoms with E-state index >= 15 is 0 Å². The molecule has 6 rings (SSSR count). The minimum Gasteiger partial charge on any atom is -1.00 e. The number of benzene rings is 6. The molecule has 0 atom stereocenters. The minimum atomic E-state index is -1.76. The highest BCUT2D eigenvalue weighted by Crippen LogP contribution is 2.56. The van der Waals surface area contributed by atoms with Gasteiger partial charge in [0.1, 0.15) is 46.4 Å². The zero-order chi connectivity index (χ0) is 31.3. The van der Waals surface area contributed by atoms with Crippen molar-refractivity contribution in [3.05, 3.63) is 182 Å². The Bertz CT molecular complexity index is 1400. The lowest BCUT2D eigenvalue weighted by Crippen LogP contribution is -3.00. The predicted molar refractivity (Wildman–Crippen MR) is 215 cm³/mol. The highest BCUT2D eigenvalue weighted by molar-refractivity contribution is 8.04. The van der Waals surface area contributed by atoms with Crippen LogP contribution >= 0.6 is 38.0 Å². The van der Waals surface area contributed by atoms with Gasteiger partial charge in [0.15, 0.2) is 0 Å². The molecule has 0 N–H and O–H groups in total. The Morgan fingerprint density at radius 2 is 0.468 bits per heavy atom. The Balaban J connectivity index is 0.00000433. The van der Waals surface area contributed by atoms with E-state index in [4.69, 9.17) is 0 Å². The van der Waals surface area contributed by atoms with Gasteiger partial charge in [0, 0.05) is 23.0 Å². The third-order valence-corrected chi connectivity index (χ3v) is 20.4. The van der Waals surface area contributed by atoms with Crippen LogP contribution in [0.5, 0.6) is 0 Å². The molecule has 238 valence electrons. The maximum absolute atomic E-state index is 2.36. The standard InChI is InChI=1S/C42H42P2S2.ClH/c1-7-19-37(20-8-1)43(38-21-9-2-10-22-38,39-23-11-3-12-24-39)31-33-45-35-36-46-34-32-44(40-25-13-4-14-26-40,41-27-15-5-16-28-41)42-29-17-6-18-30-42;/h1-30H,31-36H2;1H/q+2;/p-1. The van der Waals surface area contributed by atoms with E-state index in [0.29, 0.717) is 0 Å². The summed E-state index contributed by atoms with van der Waals surface area (Å²) in [6.45, 7) is 0. The van der Waals surface area contributed by atoms with Gasteiger partial charge in [-0.05, 0) is 72.8 Å². The molecule has 0 spiro atoms. The molecule has 0 aromatic heterocycles. The Labute approximate surface area is 297 Å². The second kappa shape index (κ2) is 18.1. The topological polar surface area (TPSA) is 0 Å². The summed E-state index contributed by atoms with van der Waals surface area (Å²) in [5, 5.41) is 8.86. The fraction of sp³-hybridized carbons (Fsp3) is 0.143. The highest BCUT2D eigenvalue weighted by atomic mass is 35.5. The Morgan fingerprint density at radius 3 is 0.660 bits per heavy atom. The summed E-state index contributed by atoms with van der Waals surface area (Å²) in [4.78, 5) is 0. The molecule has 0 fully saturated rings. The zero-order valence-electron chi connectivity index (χ0n) is 26.7. The zero-order valence-corrected chi connectivity index (χ0v) is 30.8. The number of rotatable bonds is 15. The Kier molecular flexibility index (Phi) is 13.6. The highest BCUT2D eigenvalue weighted by Gasteiger charge is 2.45. The van der Waals surface area contributed by atoms with Gasteiger partial charge >= 0.3 is 0 Å². The van der Waals surface area contributed by atoms with Crippen LogP contribution in [-0.2, 0) is 0 Å². The van der Waals surface area contributed by atoms with E-state index in [2.05, 4.69) is 206 Å². The van der Waals surface area contributed by atoms with Gasteiger partial charge in [0.05, 0.1) is 12.3 Å². The molecular weight excluding hydrogens is 666 g/mol. The second-order valence-electron chi connectivity index (χ2n) is 11.3. The van der Waals surface area contributed by atoms with Gasteiger partial charge in [-0.25, -0.2) is 0 Å². The summed E-state index contributed by atoms with van der Waals surface area (Å²) in [6.07, 6.45) is 2.34. The van der Waals surface area contributed by atoms with Crippen LogP contribution < -0.4 is 44.2 Å². The maximum Gasteiger partial charge on any atom is 0.112 e. The third-order valence-electron chi connectivity index (χ3n) is 8.70. The molecule has 47 heavy (non-hydrogen) atoms. The van der Waals surface area contributed by atoms with Crippen molar-refractivity contribution in [2.45, 2.75) is 0 Å². The van der Waals surface area contributed by atoms with E-state index in [-0.39, 0.29) is 12.4 Å². The molecule has 0 aliphatic rings. The molecule has 6 aromatic rings. The van der Waals surface area contributed by atoms with Gasteiger partial charge in [-0.1, -0.05) is 109 Å². The van der Waals surface area contributed by atoms with Gasteiger partial charge in [-0.3, -0.25) is 0 Å². The lowest BCUT2D eigenvalue weighted by Gasteiger charge is -2.28. The third kappa shape index (κ3) is 8.25. The molecule has 0 bridgehead atoms. The molecule has 0 unspecified atom stereocenters. The number of hydrogen-bond donors (Lipinski definition) is 0. The lowest BCUT2D eigenvalue weighted by molar-refractivity contribution is -0.00000870. The van der Waals surface area contributed by atoms with Crippen LogP contribution in [0.1, 0.15) is 0 Å². The van der Waals surface area contributed by atoms with E-state index in [1.807, 2.05) is 0 Å². The predicted octanol–water partition coefficient (Wildman–Crippen LogP) is 5.45. The smallest absolute Gasteiger partial charge is 0.112 e. The molecule has 0 radical (unpaired) electrons. The monoisotopic (exact) mass is 707 g/mol. The number of halogens is 1. The first-order valence-corrected chi connectivity index (χ1v) is 22.4.